The number of carboxylic acids is 1. The van der Waals surface area contributed by atoms with E-state index >= 15 is 0 Å². The second-order valence-electron chi connectivity index (χ2n) is 4.40. The molecule has 96 valence electrons. The van der Waals surface area contributed by atoms with Crippen LogP contribution in [-0.4, -0.2) is 47.1 Å². The molecule has 0 bridgehead atoms. The van der Waals surface area contributed by atoms with E-state index < -0.39 is 5.97 Å². The van der Waals surface area contributed by atoms with Crippen LogP contribution in [-0.2, 0) is 4.79 Å². The summed E-state index contributed by atoms with van der Waals surface area (Å²) >= 11 is 0. The summed E-state index contributed by atoms with van der Waals surface area (Å²) < 4.78 is 0. The van der Waals surface area contributed by atoms with Crippen molar-refractivity contribution in [2.75, 3.05) is 20.1 Å². The molecule has 2 N–H and O–H groups in total. The van der Waals surface area contributed by atoms with Crippen LogP contribution in [0.2, 0.25) is 0 Å². The number of carbonyl (C=O) groups is 1. The maximum Gasteiger partial charge on any atom is 0.304 e. The van der Waals surface area contributed by atoms with E-state index in [2.05, 4.69) is 4.99 Å². The van der Waals surface area contributed by atoms with Crippen LogP contribution in [0.15, 0.2) is 29.3 Å². The van der Waals surface area contributed by atoms with Gasteiger partial charge in [-0.1, -0.05) is 12.1 Å². The van der Waals surface area contributed by atoms with Crippen molar-refractivity contribution >= 4 is 11.8 Å². The summed E-state index contributed by atoms with van der Waals surface area (Å²) in [5, 5.41) is 18.3. The number of aliphatic carboxylic acids is 1. The Morgan fingerprint density at radius 3 is 2.61 bits per heavy atom. The quantitative estimate of drug-likeness (QED) is 0.842. The molecule has 1 aliphatic rings. The highest BCUT2D eigenvalue weighted by atomic mass is 16.4. The van der Waals surface area contributed by atoms with E-state index in [4.69, 9.17) is 5.11 Å². The lowest BCUT2D eigenvalue weighted by Gasteiger charge is -2.22. The Labute approximate surface area is 105 Å². The lowest BCUT2D eigenvalue weighted by atomic mass is 9.94. The number of rotatable bonds is 4. The van der Waals surface area contributed by atoms with Crippen molar-refractivity contribution in [1.82, 2.24) is 4.90 Å². The van der Waals surface area contributed by atoms with Gasteiger partial charge in [0.1, 0.15) is 11.6 Å². The second-order valence-corrected chi connectivity index (χ2v) is 4.40. The fraction of sp³-hybridized carbons (Fsp3) is 0.385. The molecule has 0 fully saturated rings. The topological polar surface area (TPSA) is 73.1 Å². The third-order valence-electron chi connectivity index (χ3n) is 3.09. The number of amidine groups is 1. The molecule has 18 heavy (non-hydrogen) atoms. The lowest BCUT2D eigenvalue weighted by molar-refractivity contribution is -0.137. The van der Waals surface area contributed by atoms with E-state index in [1.54, 1.807) is 24.3 Å². The molecule has 1 aromatic rings. The molecule has 0 saturated heterocycles. The van der Waals surface area contributed by atoms with Gasteiger partial charge in [0, 0.05) is 13.6 Å². The van der Waals surface area contributed by atoms with Crippen molar-refractivity contribution in [3.63, 3.8) is 0 Å². The first-order chi connectivity index (χ1) is 8.58. The molecule has 0 aromatic heterocycles. The van der Waals surface area contributed by atoms with E-state index in [1.807, 2.05) is 11.9 Å². The normalized spacial score (nSPS) is 16.5. The van der Waals surface area contributed by atoms with E-state index in [0.717, 1.165) is 17.9 Å². The second kappa shape index (κ2) is 5.08. The van der Waals surface area contributed by atoms with Crippen LogP contribution >= 0.6 is 0 Å². The number of benzene rings is 1. The smallest absolute Gasteiger partial charge is 0.304 e. The van der Waals surface area contributed by atoms with Crippen LogP contribution < -0.4 is 0 Å². The summed E-state index contributed by atoms with van der Waals surface area (Å²) in [6.45, 7) is 1.53. The minimum absolute atomic E-state index is 0.00789. The number of nitrogens with zero attached hydrogens (tertiary/aromatic N) is 2. The zero-order chi connectivity index (χ0) is 13.1. The minimum atomic E-state index is -0.851. The molecule has 0 saturated carbocycles. The summed E-state index contributed by atoms with van der Waals surface area (Å²) in [6.07, 6.45) is 0.00789. The highest BCUT2D eigenvalue weighted by molar-refractivity contribution is 5.93. The fourth-order valence-electron chi connectivity index (χ4n) is 2.17. The SMILES string of the molecule is CN1CCN=C1[C@@H](CC(=O)O)c1ccc(O)cc1. The first-order valence-electron chi connectivity index (χ1n) is 5.84. The molecule has 1 aromatic carbocycles. The van der Waals surface area contributed by atoms with E-state index in [-0.39, 0.29) is 18.1 Å². The molecule has 0 aliphatic carbocycles. The first-order valence-corrected chi connectivity index (χ1v) is 5.84. The molecule has 0 unspecified atom stereocenters. The number of phenols is 1. The van der Waals surface area contributed by atoms with Crippen LogP contribution in [0, 0.1) is 0 Å². The van der Waals surface area contributed by atoms with Gasteiger partial charge in [-0.15, -0.1) is 0 Å². The Bertz CT molecular complexity index is 468. The Morgan fingerprint density at radius 2 is 2.11 bits per heavy atom. The van der Waals surface area contributed by atoms with Crippen molar-refractivity contribution in [3.8, 4) is 5.75 Å². The van der Waals surface area contributed by atoms with Crippen LogP contribution in [0.4, 0.5) is 0 Å². The van der Waals surface area contributed by atoms with Crippen LogP contribution in [0.1, 0.15) is 17.9 Å². The van der Waals surface area contributed by atoms with Gasteiger partial charge in [-0.3, -0.25) is 9.79 Å². The van der Waals surface area contributed by atoms with Gasteiger partial charge in [0.05, 0.1) is 18.9 Å². The molecule has 1 heterocycles. The Hall–Kier alpha value is -2.04. The van der Waals surface area contributed by atoms with Gasteiger partial charge < -0.3 is 15.1 Å². The average molecular weight is 248 g/mol. The van der Waals surface area contributed by atoms with E-state index in [0.29, 0.717) is 6.54 Å². The van der Waals surface area contributed by atoms with Gasteiger partial charge in [-0.05, 0) is 17.7 Å². The zero-order valence-corrected chi connectivity index (χ0v) is 10.2. The number of aromatic hydroxyl groups is 1. The summed E-state index contributed by atoms with van der Waals surface area (Å²) in [5.74, 6) is -0.121. The van der Waals surface area contributed by atoms with Crippen molar-refractivity contribution < 1.29 is 15.0 Å². The predicted octanol–water partition coefficient (Wildman–Crippen LogP) is 1.29. The molecule has 0 amide bonds. The molecule has 0 radical (unpaired) electrons. The van der Waals surface area contributed by atoms with Crippen molar-refractivity contribution in [2.45, 2.75) is 12.3 Å². The highest BCUT2D eigenvalue weighted by Gasteiger charge is 2.26. The van der Waals surface area contributed by atoms with E-state index in [1.165, 1.54) is 0 Å². The van der Waals surface area contributed by atoms with Crippen LogP contribution in [0.25, 0.3) is 0 Å². The van der Waals surface area contributed by atoms with Gasteiger partial charge >= 0.3 is 5.97 Å². The summed E-state index contributed by atoms with van der Waals surface area (Å²) in [5.41, 5.74) is 0.864. The average Bonchev–Trinajstić information content (AvgIpc) is 2.73. The fourth-order valence-corrected chi connectivity index (χ4v) is 2.17. The molecule has 5 nitrogen and oxygen atoms in total. The number of hydrogen-bond donors (Lipinski definition) is 2. The largest absolute Gasteiger partial charge is 0.508 e. The molecule has 2 rings (SSSR count). The number of phenolic OH excluding ortho intramolecular Hbond substituents is 1. The Morgan fingerprint density at radius 1 is 1.44 bits per heavy atom. The van der Waals surface area contributed by atoms with Crippen LogP contribution in [0.5, 0.6) is 5.75 Å². The summed E-state index contributed by atoms with van der Waals surface area (Å²) in [6, 6.07) is 6.63. The van der Waals surface area contributed by atoms with Gasteiger partial charge in [-0.25, -0.2) is 0 Å². The molecular weight excluding hydrogens is 232 g/mol. The standard InChI is InChI=1S/C13H16N2O3/c1-15-7-6-14-13(15)11(8-12(17)18)9-2-4-10(16)5-3-9/h2-5,11,16H,6-8H2,1H3,(H,17,18)/t11-/m0/s1. The predicted molar refractivity (Wildman–Crippen MR) is 68.0 cm³/mol. The maximum atomic E-state index is 11.0. The number of carboxylic acid groups (broad SMARTS) is 1. The third kappa shape index (κ3) is 2.61. The molecule has 1 aliphatic heterocycles. The van der Waals surface area contributed by atoms with Gasteiger partial charge in [0.15, 0.2) is 0 Å². The van der Waals surface area contributed by atoms with Gasteiger partial charge in [0.25, 0.3) is 0 Å². The summed E-state index contributed by atoms with van der Waals surface area (Å²) in [7, 11) is 1.92. The Kier molecular flexibility index (Phi) is 3.50. The number of aliphatic imine (C=N–C) groups is 1. The van der Waals surface area contributed by atoms with Crippen molar-refractivity contribution in [1.29, 1.82) is 0 Å². The van der Waals surface area contributed by atoms with Crippen molar-refractivity contribution in [3.05, 3.63) is 29.8 Å². The third-order valence-corrected chi connectivity index (χ3v) is 3.09. The van der Waals surface area contributed by atoms with Gasteiger partial charge in [0.2, 0.25) is 0 Å². The summed E-state index contributed by atoms with van der Waals surface area (Å²) in [4.78, 5) is 17.4. The number of likely N-dealkylation sites (N-methyl/N-ethyl adjacent to an activating group) is 1. The van der Waals surface area contributed by atoms with Crippen molar-refractivity contribution in [2.24, 2.45) is 4.99 Å². The monoisotopic (exact) mass is 248 g/mol. The highest BCUT2D eigenvalue weighted by Crippen LogP contribution is 2.26. The lowest BCUT2D eigenvalue weighted by Crippen LogP contribution is -2.29. The molecule has 5 heteroatoms. The first kappa shape index (κ1) is 12.4. The van der Waals surface area contributed by atoms with Crippen LogP contribution in [0.3, 0.4) is 0 Å². The molecular formula is C13H16N2O3. The maximum absolute atomic E-state index is 11.0. The van der Waals surface area contributed by atoms with Gasteiger partial charge in [-0.2, -0.15) is 0 Å². The molecule has 0 spiro atoms. The molecule has 1 atom stereocenters. The van der Waals surface area contributed by atoms with E-state index in [9.17, 15) is 9.90 Å². The zero-order valence-electron chi connectivity index (χ0n) is 10.2. The number of hydrogen-bond acceptors (Lipinski definition) is 4. The minimum Gasteiger partial charge on any atom is -0.508 e. The Balaban J connectivity index is 2.30.